The number of ketones is 1. The van der Waals surface area contributed by atoms with Crippen LogP contribution in [0.3, 0.4) is 0 Å². The number of nitrogens with one attached hydrogen (secondary N) is 1. The molecule has 1 N–H and O–H groups in total. The number of carbonyl (C=O) groups is 1. The summed E-state index contributed by atoms with van der Waals surface area (Å²) < 4.78 is 62.8. The number of hydrazone groups is 1. The molecule has 0 aliphatic carbocycles. The van der Waals surface area contributed by atoms with Crippen molar-refractivity contribution in [2.45, 2.75) is 12.3 Å². The zero-order valence-electron chi connectivity index (χ0n) is 13.9. The lowest BCUT2D eigenvalue weighted by Crippen LogP contribution is -2.32. The fourth-order valence-electron chi connectivity index (χ4n) is 2.12. The van der Waals surface area contributed by atoms with E-state index in [4.69, 9.17) is 0 Å². The number of halogens is 5. The summed E-state index contributed by atoms with van der Waals surface area (Å²) in [6, 6.07) is 17.5. The first-order valence-electron chi connectivity index (χ1n) is 7.78. The van der Waals surface area contributed by atoms with E-state index in [9.17, 15) is 26.7 Å². The van der Waals surface area contributed by atoms with Gasteiger partial charge in [-0.3, -0.25) is 10.2 Å². The maximum atomic E-state index is 13.1. The molecule has 0 fully saturated rings. The van der Waals surface area contributed by atoms with Gasteiger partial charge in [-0.05, 0) is 0 Å². The molecule has 0 aromatic heterocycles. The van der Waals surface area contributed by atoms with E-state index in [2.05, 4.69) is 10.5 Å². The molecular formula is C19H15F5N2O. The molecule has 2 rings (SSSR count). The van der Waals surface area contributed by atoms with Gasteiger partial charge < -0.3 is 0 Å². The van der Waals surface area contributed by atoms with Crippen molar-refractivity contribution in [3.8, 4) is 0 Å². The Morgan fingerprint density at radius 1 is 1.00 bits per heavy atom. The fraction of sp³-hybridized carbons (Fsp3) is 0.158. The van der Waals surface area contributed by atoms with E-state index in [-0.39, 0.29) is 6.08 Å². The highest BCUT2D eigenvalue weighted by Gasteiger charge is 2.44. The molecule has 0 saturated carbocycles. The molecule has 0 amide bonds. The lowest BCUT2D eigenvalue weighted by molar-refractivity contribution is -0.182. The molecule has 0 aliphatic rings. The Balaban J connectivity index is 2.31. The van der Waals surface area contributed by atoms with Crippen LogP contribution in [0, 0.1) is 0 Å². The second-order valence-electron chi connectivity index (χ2n) is 5.41. The van der Waals surface area contributed by atoms with Crippen molar-refractivity contribution in [2.75, 3.05) is 6.67 Å². The first kappa shape index (κ1) is 20.3. The predicted molar refractivity (Wildman–Crippen MR) is 91.7 cm³/mol. The molecule has 0 spiro atoms. The van der Waals surface area contributed by atoms with E-state index in [0.29, 0.717) is 16.8 Å². The van der Waals surface area contributed by atoms with Crippen molar-refractivity contribution in [3.05, 3.63) is 83.6 Å². The average Bonchev–Trinajstić information content (AvgIpc) is 2.67. The molecule has 0 bridgehead atoms. The van der Waals surface area contributed by atoms with Crippen LogP contribution < -0.4 is 5.43 Å². The monoisotopic (exact) mass is 382 g/mol. The molecule has 27 heavy (non-hydrogen) atoms. The fourth-order valence-corrected chi connectivity index (χ4v) is 2.12. The van der Waals surface area contributed by atoms with Gasteiger partial charge >= 0.3 is 6.18 Å². The Labute approximate surface area is 152 Å². The van der Waals surface area contributed by atoms with Crippen LogP contribution >= 0.6 is 0 Å². The molecular weight excluding hydrogens is 367 g/mol. The standard InChI is InChI=1S/C19H15F5N2O/c20-12-15(11-16(27)18(21)19(22,23)24)25-26-17(13-7-3-1-4-8-13)14-9-5-2-6-10-14/h1-11,18,25H,12H2/b15-11-. The van der Waals surface area contributed by atoms with Gasteiger partial charge in [0.1, 0.15) is 6.67 Å². The molecule has 2 aromatic rings. The van der Waals surface area contributed by atoms with Crippen LogP contribution in [0.5, 0.6) is 0 Å². The summed E-state index contributed by atoms with van der Waals surface area (Å²) in [5.74, 6) is -1.90. The summed E-state index contributed by atoms with van der Waals surface area (Å²) in [4.78, 5) is 11.3. The first-order chi connectivity index (χ1) is 12.8. The SMILES string of the molecule is O=C(/C=C(/CF)NN=C(c1ccccc1)c1ccccc1)C(F)C(F)(F)F. The lowest BCUT2D eigenvalue weighted by Gasteiger charge is -2.11. The molecule has 0 saturated heterocycles. The number of alkyl halides is 5. The van der Waals surface area contributed by atoms with Crippen LogP contribution in [0.4, 0.5) is 22.0 Å². The summed E-state index contributed by atoms with van der Waals surface area (Å²) in [7, 11) is 0. The molecule has 0 aliphatic heterocycles. The summed E-state index contributed by atoms with van der Waals surface area (Å²) in [5.41, 5.74) is 3.31. The van der Waals surface area contributed by atoms with Crippen molar-refractivity contribution in [2.24, 2.45) is 5.10 Å². The van der Waals surface area contributed by atoms with Gasteiger partial charge in [0.25, 0.3) is 6.17 Å². The number of benzene rings is 2. The summed E-state index contributed by atoms with van der Waals surface area (Å²) in [6.45, 7) is -1.32. The van der Waals surface area contributed by atoms with E-state index >= 15 is 0 Å². The van der Waals surface area contributed by atoms with Gasteiger partial charge in [0, 0.05) is 17.2 Å². The maximum Gasteiger partial charge on any atom is 0.427 e. The van der Waals surface area contributed by atoms with Crippen LogP contribution in [-0.4, -0.2) is 30.5 Å². The number of carbonyl (C=O) groups excluding carboxylic acids is 1. The Morgan fingerprint density at radius 2 is 1.48 bits per heavy atom. The van der Waals surface area contributed by atoms with Crippen LogP contribution in [0.2, 0.25) is 0 Å². The van der Waals surface area contributed by atoms with Gasteiger partial charge in [-0.1, -0.05) is 60.7 Å². The second-order valence-corrected chi connectivity index (χ2v) is 5.41. The third-order valence-corrected chi connectivity index (χ3v) is 3.40. The zero-order valence-corrected chi connectivity index (χ0v) is 13.9. The highest BCUT2D eigenvalue weighted by Crippen LogP contribution is 2.24. The van der Waals surface area contributed by atoms with E-state index < -0.39 is 30.5 Å². The van der Waals surface area contributed by atoms with E-state index in [1.807, 2.05) is 0 Å². The molecule has 2 aromatic carbocycles. The Morgan fingerprint density at radius 3 is 1.89 bits per heavy atom. The molecule has 8 heteroatoms. The Bertz CT molecular complexity index is 775. The van der Waals surface area contributed by atoms with E-state index in [1.165, 1.54) is 0 Å². The van der Waals surface area contributed by atoms with Gasteiger partial charge in [-0.2, -0.15) is 18.3 Å². The van der Waals surface area contributed by atoms with Crippen LogP contribution in [0.1, 0.15) is 11.1 Å². The molecule has 3 nitrogen and oxygen atoms in total. The molecule has 1 atom stereocenters. The number of allylic oxidation sites excluding steroid dienone is 2. The number of hydrogen-bond donors (Lipinski definition) is 1. The quantitative estimate of drug-likeness (QED) is 0.335. The van der Waals surface area contributed by atoms with Crippen LogP contribution in [0.15, 0.2) is 77.5 Å². The number of hydrogen-bond acceptors (Lipinski definition) is 3. The highest BCUT2D eigenvalue weighted by molar-refractivity contribution is 6.12. The molecule has 0 heterocycles. The van der Waals surface area contributed by atoms with Crippen molar-refractivity contribution < 1.29 is 26.7 Å². The summed E-state index contributed by atoms with van der Waals surface area (Å²) in [5, 5.41) is 4.01. The van der Waals surface area contributed by atoms with Crippen molar-refractivity contribution >= 4 is 11.5 Å². The largest absolute Gasteiger partial charge is 0.427 e. The molecule has 1 unspecified atom stereocenters. The first-order valence-corrected chi connectivity index (χ1v) is 7.78. The minimum Gasteiger partial charge on any atom is -0.291 e. The summed E-state index contributed by atoms with van der Waals surface area (Å²) in [6.07, 6.45) is -8.83. The van der Waals surface area contributed by atoms with Gasteiger partial charge in [0.2, 0.25) is 5.78 Å². The van der Waals surface area contributed by atoms with E-state index in [0.717, 1.165) is 0 Å². The van der Waals surface area contributed by atoms with Crippen molar-refractivity contribution in [3.63, 3.8) is 0 Å². The van der Waals surface area contributed by atoms with Gasteiger partial charge in [0.05, 0.1) is 11.4 Å². The minimum atomic E-state index is -5.35. The zero-order chi connectivity index (χ0) is 19.9. The summed E-state index contributed by atoms with van der Waals surface area (Å²) >= 11 is 0. The average molecular weight is 382 g/mol. The van der Waals surface area contributed by atoms with Crippen LogP contribution in [0.25, 0.3) is 0 Å². The smallest absolute Gasteiger partial charge is 0.291 e. The van der Waals surface area contributed by atoms with Crippen molar-refractivity contribution in [1.82, 2.24) is 5.43 Å². The Hall–Kier alpha value is -3.03. The maximum absolute atomic E-state index is 13.1. The third kappa shape index (κ3) is 5.73. The van der Waals surface area contributed by atoms with Gasteiger partial charge in [-0.25, -0.2) is 8.78 Å². The van der Waals surface area contributed by atoms with Gasteiger partial charge in [0.15, 0.2) is 0 Å². The van der Waals surface area contributed by atoms with Crippen LogP contribution in [-0.2, 0) is 4.79 Å². The normalized spacial score (nSPS) is 13.0. The van der Waals surface area contributed by atoms with Crippen molar-refractivity contribution in [1.29, 1.82) is 0 Å². The molecule has 0 radical (unpaired) electrons. The second kappa shape index (κ2) is 9.07. The number of nitrogens with zero attached hydrogens (tertiary/aromatic N) is 1. The third-order valence-electron chi connectivity index (χ3n) is 3.40. The predicted octanol–water partition coefficient (Wildman–Crippen LogP) is 4.35. The topological polar surface area (TPSA) is 41.5 Å². The lowest BCUT2D eigenvalue weighted by atomic mass is 10.0. The number of rotatable bonds is 7. The Kier molecular flexibility index (Phi) is 6.81. The molecule has 142 valence electrons. The minimum absolute atomic E-state index is 0.231. The highest BCUT2D eigenvalue weighted by atomic mass is 19.4. The van der Waals surface area contributed by atoms with Gasteiger partial charge in [-0.15, -0.1) is 0 Å². The van der Waals surface area contributed by atoms with E-state index in [1.54, 1.807) is 60.7 Å².